The van der Waals surface area contributed by atoms with Crippen LogP contribution in [0.1, 0.15) is 39.2 Å². The summed E-state index contributed by atoms with van der Waals surface area (Å²) in [5.41, 5.74) is 2.44. The maximum atomic E-state index is 12.8. The maximum Gasteiger partial charge on any atom is 0.410 e. The molecule has 5 heteroatoms. The number of hydrogen-bond acceptors (Lipinski definition) is 3. The van der Waals surface area contributed by atoms with Crippen molar-refractivity contribution >= 4 is 17.7 Å². The summed E-state index contributed by atoms with van der Waals surface area (Å²) in [5, 5.41) is 9.99. The third-order valence-corrected chi connectivity index (χ3v) is 5.32. The van der Waals surface area contributed by atoms with Crippen LogP contribution in [0.25, 0.3) is 11.1 Å². The molecule has 2 aromatic carbocycles. The first-order valence-electron chi connectivity index (χ1n) is 9.71. The van der Waals surface area contributed by atoms with Crippen molar-refractivity contribution in [1.29, 1.82) is 0 Å². The zero-order valence-electron chi connectivity index (χ0n) is 16.7. The van der Waals surface area contributed by atoms with Crippen molar-refractivity contribution in [2.24, 2.45) is 5.92 Å². The molecule has 0 spiro atoms. The van der Waals surface area contributed by atoms with Gasteiger partial charge in [-0.2, -0.15) is 0 Å². The van der Waals surface area contributed by atoms with E-state index in [1.807, 2.05) is 69.3 Å². The number of halogens is 1. The van der Waals surface area contributed by atoms with Gasteiger partial charge in [0.2, 0.25) is 0 Å². The van der Waals surface area contributed by atoms with Crippen LogP contribution < -0.4 is 0 Å². The molecule has 0 atom stereocenters. The molecule has 0 bridgehead atoms. The number of benzene rings is 2. The van der Waals surface area contributed by atoms with Crippen LogP contribution in [0.5, 0.6) is 0 Å². The summed E-state index contributed by atoms with van der Waals surface area (Å²) < 4.78 is 5.61. The Morgan fingerprint density at radius 3 is 2.43 bits per heavy atom. The SMILES string of the molecule is CC(C)(C)OC(=O)N(Cc1ccc(-c2ccccc2)c(Cl)c1)C1CC(CO)C1. The van der Waals surface area contributed by atoms with Gasteiger partial charge in [0.1, 0.15) is 5.60 Å². The van der Waals surface area contributed by atoms with Gasteiger partial charge in [-0.15, -0.1) is 0 Å². The van der Waals surface area contributed by atoms with Gasteiger partial charge >= 0.3 is 6.09 Å². The first kappa shape index (κ1) is 20.7. The summed E-state index contributed by atoms with van der Waals surface area (Å²) >= 11 is 6.54. The van der Waals surface area contributed by atoms with Crippen LogP contribution in [0.15, 0.2) is 48.5 Å². The second kappa shape index (κ2) is 8.54. The minimum atomic E-state index is -0.551. The van der Waals surface area contributed by atoms with E-state index in [-0.39, 0.29) is 24.7 Å². The van der Waals surface area contributed by atoms with E-state index < -0.39 is 5.60 Å². The highest BCUT2D eigenvalue weighted by atomic mass is 35.5. The average Bonchev–Trinajstić information content (AvgIpc) is 2.59. The summed E-state index contributed by atoms with van der Waals surface area (Å²) in [6.07, 6.45) is 1.27. The van der Waals surface area contributed by atoms with Crippen molar-refractivity contribution in [2.75, 3.05) is 6.61 Å². The summed E-state index contributed by atoms with van der Waals surface area (Å²) in [5.74, 6) is 0.263. The van der Waals surface area contributed by atoms with Crippen LogP contribution in [0.4, 0.5) is 4.79 Å². The van der Waals surface area contributed by atoms with Crippen molar-refractivity contribution < 1.29 is 14.6 Å². The summed E-state index contributed by atoms with van der Waals surface area (Å²) in [7, 11) is 0. The largest absolute Gasteiger partial charge is 0.444 e. The molecule has 1 N–H and O–H groups in total. The molecule has 0 aromatic heterocycles. The lowest BCUT2D eigenvalue weighted by atomic mass is 9.80. The highest BCUT2D eigenvalue weighted by Gasteiger charge is 2.37. The van der Waals surface area contributed by atoms with E-state index in [9.17, 15) is 9.90 Å². The zero-order chi connectivity index (χ0) is 20.3. The lowest BCUT2D eigenvalue weighted by Gasteiger charge is -2.42. The van der Waals surface area contributed by atoms with Crippen molar-refractivity contribution in [2.45, 2.75) is 51.8 Å². The normalized spacial score (nSPS) is 19.0. The van der Waals surface area contributed by atoms with Crippen LogP contribution in [-0.4, -0.2) is 34.3 Å². The summed E-state index contributed by atoms with van der Waals surface area (Å²) in [6, 6.07) is 16.0. The summed E-state index contributed by atoms with van der Waals surface area (Å²) in [4.78, 5) is 14.5. The molecule has 1 aliphatic rings. The lowest BCUT2D eigenvalue weighted by Crippen LogP contribution is -2.49. The monoisotopic (exact) mass is 401 g/mol. The topological polar surface area (TPSA) is 49.8 Å². The molecule has 1 aliphatic carbocycles. The van der Waals surface area contributed by atoms with E-state index in [0.29, 0.717) is 11.6 Å². The number of ether oxygens (including phenoxy) is 1. The van der Waals surface area contributed by atoms with Gasteiger partial charge in [0, 0.05) is 29.8 Å². The fourth-order valence-electron chi connectivity index (χ4n) is 3.47. The molecule has 3 rings (SSSR count). The second-order valence-electron chi connectivity index (χ2n) is 8.46. The number of carbonyl (C=O) groups is 1. The maximum absolute atomic E-state index is 12.8. The Morgan fingerprint density at radius 2 is 1.86 bits per heavy atom. The van der Waals surface area contributed by atoms with E-state index >= 15 is 0 Å². The van der Waals surface area contributed by atoms with Crippen molar-refractivity contribution in [3.8, 4) is 11.1 Å². The van der Waals surface area contributed by atoms with E-state index in [1.165, 1.54) is 0 Å². The highest BCUT2D eigenvalue weighted by molar-refractivity contribution is 6.33. The molecule has 1 fully saturated rings. The Balaban J connectivity index is 1.78. The Labute approximate surface area is 172 Å². The molecular weight excluding hydrogens is 374 g/mol. The molecule has 150 valence electrons. The van der Waals surface area contributed by atoms with Crippen LogP contribution in [0.3, 0.4) is 0 Å². The molecule has 0 heterocycles. The number of amides is 1. The van der Waals surface area contributed by atoms with Gasteiger partial charge in [0.15, 0.2) is 0 Å². The molecule has 28 heavy (non-hydrogen) atoms. The molecule has 0 saturated heterocycles. The second-order valence-corrected chi connectivity index (χ2v) is 8.87. The third-order valence-electron chi connectivity index (χ3n) is 5.01. The van der Waals surface area contributed by atoms with Gasteiger partial charge in [-0.05, 0) is 56.7 Å². The molecule has 0 radical (unpaired) electrons. The number of hydrogen-bond donors (Lipinski definition) is 1. The van der Waals surface area contributed by atoms with E-state index in [0.717, 1.165) is 29.5 Å². The number of aliphatic hydroxyl groups excluding tert-OH is 1. The summed E-state index contributed by atoms with van der Waals surface area (Å²) in [6.45, 7) is 6.20. The molecule has 4 nitrogen and oxygen atoms in total. The number of nitrogens with zero attached hydrogens (tertiary/aromatic N) is 1. The van der Waals surface area contributed by atoms with Crippen molar-refractivity contribution in [3.63, 3.8) is 0 Å². The van der Waals surface area contributed by atoms with Crippen molar-refractivity contribution in [1.82, 2.24) is 4.90 Å². The van der Waals surface area contributed by atoms with Gasteiger partial charge in [0.25, 0.3) is 0 Å². The van der Waals surface area contributed by atoms with E-state index in [4.69, 9.17) is 16.3 Å². The highest BCUT2D eigenvalue weighted by Crippen LogP contribution is 2.34. The van der Waals surface area contributed by atoms with Crippen molar-refractivity contribution in [3.05, 3.63) is 59.1 Å². The molecule has 0 aliphatic heterocycles. The fraction of sp³-hybridized carbons (Fsp3) is 0.435. The van der Waals surface area contributed by atoms with Gasteiger partial charge < -0.3 is 14.7 Å². The Bertz CT molecular complexity index is 810. The number of carbonyl (C=O) groups excluding carboxylic acids is 1. The quantitative estimate of drug-likeness (QED) is 0.718. The van der Waals surface area contributed by atoms with Crippen LogP contribution in [-0.2, 0) is 11.3 Å². The average molecular weight is 402 g/mol. The molecule has 1 amide bonds. The third kappa shape index (κ3) is 5.06. The lowest BCUT2D eigenvalue weighted by molar-refractivity contribution is -0.0111. The first-order valence-corrected chi connectivity index (χ1v) is 10.1. The number of rotatable bonds is 5. The smallest absolute Gasteiger partial charge is 0.410 e. The molecule has 0 unspecified atom stereocenters. The molecule has 1 saturated carbocycles. The number of aliphatic hydroxyl groups is 1. The van der Waals surface area contributed by atoms with E-state index in [2.05, 4.69) is 0 Å². The first-order chi connectivity index (χ1) is 13.3. The zero-order valence-corrected chi connectivity index (χ0v) is 17.4. The minimum absolute atomic E-state index is 0.0829. The van der Waals surface area contributed by atoms with Gasteiger partial charge in [-0.25, -0.2) is 4.79 Å². The van der Waals surface area contributed by atoms with Gasteiger partial charge in [-0.3, -0.25) is 0 Å². The molecular formula is C23H28ClNO3. The predicted octanol–water partition coefficient (Wildman–Crippen LogP) is 5.52. The van der Waals surface area contributed by atoms with Gasteiger partial charge in [-0.1, -0.05) is 54.1 Å². The fourth-order valence-corrected chi connectivity index (χ4v) is 3.79. The Morgan fingerprint density at radius 1 is 1.18 bits per heavy atom. The van der Waals surface area contributed by atoms with E-state index in [1.54, 1.807) is 4.90 Å². The Hall–Kier alpha value is -2.04. The Kier molecular flexibility index (Phi) is 6.31. The minimum Gasteiger partial charge on any atom is -0.444 e. The predicted molar refractivity (Wildman–Crippen MR) is 112 cm³/mol. The van der Waals surface area contributed by atoms with Crippen LogP contribution in [0, 0.1) is 5.92 Å². The van der Waals surface area contributed by atoms with Gasteiger partial charge in [0.05, 0.1) is 0 Å². The van der Waals surface area contributed by atoms with Crippen LogP contribution >= 0.6 is 11.6 Å². The standard InChI is InChI=1S/C23H28ClNO3/c1-23(2,3)28-22(27)25(19-11-17(12-19)15-26)14-16-9-10-20(21(24)13-16)18-7-5-4-6-8-18/h4-10,13,17,19,26H,11-12,14-15H2,1-3H3. The molecule has 2 aromatic rings. The van der Waals surface area contributed by atoms with Crippen LogP contribution in [0.2, 0.25) is 5.02 Å².